The highest BCUT2D eigenvalue weighted by molar-refractivity contribution is 7.89. The van der Waals surface area contributed by atoms with Crippen molar-refractivity contribution in [3.63, 3.8) is 0 Å². The lowest BCUT2D eigenvalue weighted by atomic mass is 10.1. The number of rotatable bonds is 7. The average Bonchev–Trinajstić information content (AvgIpc) is 2.52. The minimum atomic E-state index is -3.69. The summed E-state index contributed by atoms with van der Waals surface area (Å²) < 4.78 is 22.3. The topological polar surface area (TPSA) is 89.3 Å². The zero-order chi connectivity index (χ0) is 17.6. The van der Waals surface area contributed by atoms with Gasteiger partial charge in [-0.25, -0.2) is 13.6 Å². The first-order valence-electron chi connectivity index (χ1n) is 7.47. The molecule has 0 fully saturated rings. The fraction of sp³-hybridized carbons (Fsp3) is 0.235. The lowest BCUT2D eigenvalue weighted by molar-refractivity contribution is -0.121. The monoisotopic (exact) mass is 366 g/mol. The highest BCUT2D eigenvalue weighted by atomic mass is 35.5. The number of hydrogen-bond acceptors (Lipinski definition) is 3. The van der Waals surface area contributed by atoms with E-state index in [1.54, 1.807) is 12.1 Å². The molecule has 0 aliphatic heterocycles. The van der Waals surface area contributed by atoms with Gasteiger partial charge < -0.3 is 5.32 Å². The summed E-state index contributed by atoms with van der Waals surface area (Å²) in [5.74, 6) is -0.0486. The third-order valence-corrected chi connectivity index (χ3v) is 4.66. The molecule has 0 atom stereocenters. The molecule has 1 amide bonds. The largest absolute Gasteiger partial charge is 0.352 e. The molecule has 2 aromatic carbocycles. The molecule has 0 heterocycles. The average molecular weight is 367 g/mol. The Morgan fingerprint density at radius 3 is 2.42 bits per heavy atom. The molecule has 0 saturated heterocycles. The van der Waals surface area contributed by atoms with E-state index in [-0.39, 0.29) is 10.8 Å². The van der Waals surface area contributed by atoms with E-state index in [0.717, 1.165) is 24.0 Å². The Labute approximate surface area is 146 Å². The van der Waals surface area contributed by atoms with Gasteiger partial charge in [0.2, 0.25) is 15.9 Å². The molecule has 0 aromatic heterocycles. The quantitative estimate of drug-likeness (QED) is 0.789. The molecule has 0 aliphatic rings. The molecule has 0 saturated carbocycles. The Morgan fingerprint density at radius 1 is 1.08 bits per heavy atom. The van der Waals surface area contributed by atoms with E-state index in [1.165, 1.54) is 12.1 Å². The molecule has 0 radical (unpaired) electrons. The third kappa shape index (κ3) is 5.96. The molecule has 0 aliphatic carbocycles. The van der Waals surface area contributed by atoms with E-state index in [1.807, 2.05) is 24.3 Å². The molecule has 128 valence electrons. The summed E-state index contributed by atoms with van der Waals surface area (Å²) in [7, 11) is -3.69. The van der Waals surface area contributed by atoms with E-state index < -0.39 is 10.0 Å². The van der Waals surface area contributed by atoms with Crippen molar-refractivity contribution in [3.8, 4) is 0 Å². The van der Waals surface area contributed by atoms with Gasteiger partial charge in [0.1, 0.15) is 0 Å². The molecule has 7 heteroatoms. The van der Waals surface area contributed by atoms with Crippen LogP contribution < -0.4 is 10.5 Å². The minimum Gasteiger partial charge on any atom is -0.352 e. The Kier molecular flexibility index (Phi) is 6.36. The van der Waals surface area contributed by atoms with Crippen molar-refractivity contribution < 1.29 is 13.2 Å². The maximum atomic E-state index is 11.8. The molecular formula is C17H19ClN2O3S. The molecule has 0 spiro atoms. The van der Waals surface area contributed by atoms with Crippen molar-refractivity contribution in [2.24, 2.45) is 5.14 Å². The van der Waals surface area contributed by atoms with Crippen LogP contribution in [0.4, 0.5) is 0 Å². The molecule has 0 bridgehead atoms. The SMILES string of the molecule is NS(=O)(=O)c1ccc(CNC(=O)CCCc2cccc(Cl)c2)cc1. The van der Waals surface area contributed by atoms with Crippen LogP contribution in [0.2, 0.25) is 5.02 Å². The van der Waals surface area contributed by atoms with Crippen LogP contribution in [0.25, 0.3) is 0 Å². The van der Waals surface area contributed by atoms with Gasteiger partial charge in [0.05, 0.1) is 4.90 Å². The maximum Gasteiger partial charge on any atom is 0.238 e. The van der Waals surface area contributed by atoms with Gasteiger partial charge in [-0.3, -0.25) is 4.79 Å². The standard InChI is InChI=1S/C17H19ClN2O3S/c18-15-5-1-3-13(11-15)4-2-6-17(21)20-12-14-7-9-16(10-8-14)24(19,22)23/h1,3,5,7-11H,2,4,6,12H2,(H,20,21)(H2,19,22,23). The molecule has 2 aromatic rings. The lowest BCUT2D eigenvalue weighted by Gasteiger charge is -2.06. The van der Waals surface area contributed by atoms with Crippen LogP contribution >= 0.6 is 11.6 Å². The number of benzene rings is 2. The van der Waals surface area contributed by atoms with Crippen molar-refractivity contribution >= 4 is 27.5 Å². The number of carbonyl (C=O) groups excluding carboxylic acids is 1. The summed E-state index contributed by atoms with van der Waals surface area (Å²) in [5.41, 5.74) is 1.92. The Balaban J connectivity index is 1.75. The van der Waals surface area contributed by atoms with Gasteiger partial charge in [-0.05, 0) is 48.2 Å². The Bertz CT molecular complexity index is 805. The molecular weight excluding hydrogens is 348 g/mol. The summed E-state index contributed by atoms with van der Waals surface area (Å²) in [5, 5.41) is 8.54. The second-order valence-electron chi connectivity index (χ2n) is 5.45. The predicted molar refractivity (Wildman–Crippen MR) is 94.1 cm³/mol. The zero-order valence-electron chi connectivity index (χ0n) is 13.0. The number of sulfonamides is 1. The Hall–Kier alpha value is -1.89. The number of amides is 1. The van der Waals surface area contributed by atoms with E-state index in [4.69, 9.17) is 16.7 Å². The summed E-state index contributed by atoms with van der Waals surface area (Å²) in [6, 6.07) is 13.7. The predicted octanol–water partition coefficient (Wildman–Crippen LogP) is 2.63. The fourth-order valence-corrected chi connectivity index (χ4v) is 2.96. The van der Waals surface area contributed by atoms with Gasteiger partial charge in [0, 0.05) is 18.0 Å². The van der Waals surface area contributed by atoms with Crippen molar-refractivity contribution in [1.29, 1.82) is 0 Å². The van der Waals surface area contributed by atoms with Crippen LogP contribution in [0.5, 0.6) is 0 Å². The van der Waals surface area contributed by atoms with Crippen molar-refractivity contribution in [1.82, 2.24) is 5.32 Å². The fourth-order valence-electron chi connectivity index (χ4n) is 2.23. The summed E-state index contributed by atoms with van der Waals surface area (Å²) >= 11 is 5.92. The number of carbonyl (C=O) groups is 1. The van der Waals surface area contributed by atoms with Crippen molar-refractivity contribution in [2.45, 2.75) is 30.7 Å². The number of nitrogens with two attached hydrogens (primary N) is 1. The van der Waals surface area contributed by atoms with Gasteiger partial charge in [-0.2, -0.15) is 0 Å². The molecule has 3 N–H and O–H groups in total. The Morgan fingerprint density at radius 2 is 1.79 bits per heavy atom. The van der Waals surface area contributed by atoms with E-state index >= 15 is 0 Å². The van der Waals surface area contributed by atoms with Crippen molar-refractivity contribution in [3.05, 3.63) is 64.7 Å². The summed E-state index contributed by atoms with van der Waals surface area (Å²) in [4.78, 5) is 11.9. The second-order valence-corrected chi connectivity index (χ2v) is 7.45. The lowest BCUT2D eigenvalue weighted by Crippen LogP contribution is -2.22. The van der Waals surface area contributed by atoms with Crippen LogP contribution in [0.3, 0.4) is 0 Å². The van der Waals surface area contributed by atoms with Gasteiger partial charge in [0.25, 0.3) is 0 Å². The normalized spacial score (nSPS) is 11.2. The van der Waals surface area contributed by atoms with E-state index in [9.17, 15) is 13.2 Å². The maximum absolute atomic E-state index is 11.8. The van der Waals surface area contributed by atoms with Gasteiger partial charge in [0.15, 0.2) is 0 Å². The van der Waals surface area contributed by atoms with Gasteiger partial charge in [-0.1, -0.05) is 35.9 Å². The summed E-state index contributed by atoms with van der Waals surface area (Å²) in [6.45, 7) is 0.348. The highest BCUT2D eigenvalue weighted by Gasteiger charge is 2.07. The van der Waals surface area contributed by atoms with Crippen LogP contribution in [-0.4, -0.2) is 14.3 Å². The number of nitrogens with one attached hydrogen (secondary N) is 1. The summed E-state index contributed by atoms with van der Waals surface area (Å²) in [6.07, 6.45) is 1.94. The van der Waals surface area contributed by atoms with Crippen molar-refractivity contribution in [2.75, 3.05) is 0 Å². The number of halogens is 1. The first kappa shape index (κ1) is 18.4. The van der Waals surface area contributed by atoms with Crippen LogP contribution in [0.15, 0.2) is 53.4 Å². The van der Waals surface area contributed by atoms with Gasteiger partial charge >= 0.3 is 0 Å². The zero-order valence-corrected chi connectivity index (χ0v) is 14.6. The first-order valence-corrected chi connectivity index (χ1v) is 9.40. The molecule has 0 unspecified atom stereocenters. The van der Waals surface area contributed by atoms with Gasteiger partial charge in [-0.15, -0.1) is 0 Å². The highest BCUT2D eigenvalue weighted by Crippen LogP contribution is 2.13. The first-order chi connectivity index (χ1) is 11.3. The van der Waals surface area contributed by atoms with E-state index in [0.29, 0.717) is 18.0 Å². The minimum absolute atomic E-state index is 0.0486. The number of hydrogen-bond donors (Lipinski definition) is 2. The van der Waals surface area contributed by atoms with E-state index in [2.05, 4.69) is 5.32 Å². The van der Waals surface area contributed by atoms with Crippen LogP contribution in [-0.2, 0) is 27.8 Å². The molecule has 5 nitrogen and oxygen atoms in total. The third-order valence-electron chi connectivity index (χ3n) is 3.50. The molecule has 24 heavy (non-hydrogen) atoms. The molecule has 2 rings (SSSR count). The smallest absolute Gasteiger partial charge is 0.238 e. The van der Waals surface area contributed by atoms with Crippen LogP contribution in [0, 0.1) is 0 Å². The van der Waals surface area contributed by atoms with Crippen LogP contribution in [0.1, 0.15) is 24.0 Å². The second kappa shape index (κ2) is 8.28. The number of aryl methyl sites for hydroxylation is 1. The number of primary sulfonamides is 1.